The van der Waals surface area contributed by atoms with Crippen molar-refractivity contribution < 1.29 is 18.4 Å². The van der Waals surface area contributed by atoms with Gasteiger partial charge in [-0.2, -0.15) is 0 Å². The number of nitrogens with one attached hydrogen (secondary N) is 2. The lowest BCUT2D eigenvalue weighted by molar-refractivity contribution is -0.116. The first-order valence-corrected chi connectivity index (χ1v) is 11.6. The summed E-state index contributed by atoms with van der Waals surface area (Å²) in [5.41, 5.74) is 5.30. The molecule has 0 spiro atoms. The fourth-order valence-corrected chi connectivity index (χ4v) is 4.06. The van der Waals surface area contributed by atoms with Gasteiger partial charge in [-0.05, 0) is 48.0 Å². The third kappa shape index (κ3) is 6.82. The molecule has 178 valence electrons. The van der Waals surface area contributed by atoms with Gasteiger partial charge < -0.3 is 16.4 Å². The molecule has 0 saturated heterocycles. The molecule has 0 heterocycles. The summed E-state index contributed by atoms with van der Waals surface area (Å²) in [7, 11) is 0. The van der Waals surface area contributed by atoms with Crippen LogP contribution >= 0.6 is 50.7 Å². The van der Waals surface area contributed by atoms with Crippen LogP contribution < -0.4 is 16.4 Å². The second kappa shape index (κ2) is 10.9. The zero-order chi connectivity index (χ0) is 25.0. The highest BCUT2D eigenvalue weighted by molar-refractivity contribution is 9.10. The maximum Gasteiger partial charge on any atom is 0.257 e. The summed E-state index contributed by atoms with van der Waals surface area (Å²) in [4.78, 5) is 25.1. The van der Waals surface area contributed by atoms with Gasteiger partial charge in [-0.3, -0.25) is 9.59 Å². The predicted octanol–water partition coefficient (Wildman–Crippen LogP) is 6.96. The van der Waals surface area contributed by atoms with Gasteiger partial charge in [0.15, 0.2) is 5.82 Å². The smallest absolute Gasteiger partial charge is 0.257 e. The number of alkyl halides is 2. The van der Waals surface area contributed by atoms with E-state index in [0.717, 1.165) is 22.2 Å². The van der Waals surface area contributed by atoms with Crippen molar-refractivity contribution in [3.63, 3.8) is 0 Å². The molecular weight excluding hydrogens is 575 g/mol. The molecule has 0 aliphatic rings. The van der Waals surface area contributed by atoms with Crippen molar-refractivity contribution in [1.82, 2.24) is 0 Å². The lowest BCUT2D eigenvalue weighted by Gasteiger charge is -2.19. The molecule has 0 atom stereocenters. The molecule has 11 heteroatoms. The predicted molar refractivity (Wildman–Crippen MR) is 136 cm³/mol. The fourth-order valence-electron chi connectivity index (χ4n) is 3.04. The van der Waals surface area contributed by atoms with E-state index in [1.54, 1.807) is 0 Å². The van der Waals surface area contributed by atoms with Crippen LogP contribution in [-0.4, -0.2) is 16.1 Å². The van der Waals surface area contributed by atoms with E-state index < -0.39 is 33.5 Å². The molecule has 0 saturated carbocycles. The molecule has 3 aromatic carbocycles. The van der Waals surface area contributed by atoms with Gasteiger partial charge in [0.1, 0.15) is 15.8 Å². The van der Waals surface area contributed by atoms with Crippen molar-refractivity contribution >= 4 is 79.6 Å². The molecular formula is C23H17BrCl3F2N3O2. The van der Waals surface area contributed by atoms with Crippen LogP contribution in [0.25, 0.3) is 0 Å². The number of halogens is 6. The molecule has 0 aliphatic heterocycles. The lowest BCUT2D eigenvalue weighted by Crippen LogP contribution is -2.25. The number of nitrogen functional groups attached to an aromatic ring is 1. The van der Waals surface area contributed by atoms with E-state index in [1.807, 2.05) is 24.3 Å². The molecule has 0 aliphatic carbocycles. The molecule has 0 aromatic heterocycles. The quantitative estimate of drug-likeness (QED) is 0.205. The number of benzene rings is 3. The van der Waals surface area contributed by atoms with Crippen LogP contribution in [0.1, 0.15) is 22.3 Å². The normalized spacial score (nSPS) is 11.2. The van der Waals surface area contributed by atoms with E-state index in [9.17, 15) is 18.4 Å². The average molecular weight is 592 g/mol. The minimum Gasteiger partial charge on any atom is -0.394 e. The number of carbonyl (C=O) groups is 2. The Hall–Kier alpha value is -2.39. The van der Waals surface area contributed by atoms with Gasteiger partial charge in [-0.15, -0.1) is 23.2 Å². The molecule has 0 bridgehead atoms. The number of rotatable bonds is 7. The van der Waals surface area contributed by atoms with Crippen LogP contribution in [0.5, 0.6) is 0 Å². The molecule has 5 nitrogen and oxygen atoms in total. The Morgan fingerprint density at radius 3 is 2.35 bits per heavy atom. The van der Waals surface area contributed by atoms with Crippen molar-refractivity contribution in [2.75, 3.05) is 16.4 Å². The van der Waals surface area contributed by atoms with Crippen molar-refractivity contribution in [3.05, 3.63) is 86.9 Å². The minimum atomic E-state index is -1.37. The van der Waals surface area contributed by atoms with Crippen LogP contribution in [0.4, 0.5) is 25.8 Å². The first kappa shape index (κ1) is 26.2. The zero-order valence-corrected chi connectivity index (χ0v) is 21.1. The van der Waals surface area contributed by atoms with Gasteiger partial charge in [0, 0.05) is 16.6 Å². The second-order valence-electron chi connectivity index (χ2n) is 7.36. The van der Waals surface area contributed by atoms with Crippen LogP contribution in [0.3, 0.4) is 0 Å². The van der Waals surface area contributed by atoms with Crippen LogP contribution in [0.15, 0.2) is 59.1 Å². The number of hydrogen-bond donors (Lipinski definition) is 3. The van der Waals surface area contributed by atoms with Crippen molar-refractivity contribution in [3.8, 4) is 0 Å². The SMILES string of the molecule is Nc1c(F)ccc(NC(=O)c2cc(NC(=O)CC(Cl)(Cl)Cc3ccc(Br)cc3)ccc2Cl)c1F. The molecule has 0 radical (unpaired) electrons. The van der Waals surface area contributed by atoms with Gasteiger partial charge in [-0.25, -0.2) is 8.78 Å². The zero-order valence-electron chi connectivity index (χ0n) is 17.3. The number of nitrogens with two attached hydrogens (primary N) is 1. The Morgan fingerprint density at radius 1 is 1.00 bits per heavy atom. The highest BCUT2D eigenvalue weighted by Crippen LogP contribution is 2.31. The standard InChI is InChI=1S/C23H17BrCl3F2N3O2/c24-13-3-1-12(2-4-13)10-23(26,27)11-19(33)31-14-5-6-16(25)15(9-14)22(34)32-18-8-7-17(28)21(30)20(18)29/h1-9H,10-11,30H2,(H,31,33)(H,32,34). The highest BCUT2D eigenvalue weighted by atomic mass is 79.9. The molecule has 2 amide bonds. The Bertz CT molecular complexity index is 1240. The van der Waals surface area contributed by atoms with Crippen LogP contribution in [-0.2, 0) is 11.2 Å². The summed E-state index contributed by atoms with van der Waals surface area (Å²) in [6, 6.07) is 13.5. The Labute approximate surface area is 217 Å². The molecule has 3 rings (SSSR count). The molecule has 0 fully saturated rings. The second-order valence-corrected chi connectivity index (χ2v) is 10.3. The molecule has 0 unspecified atom stereocenters. The summed E-state index contributed by atoms with van der Waals surface area (Å²) >= 11 is 22.1. The molecule has 3 aromatic rings. The minimum absolute atomic E-state index is 0.0465. The number of anilines is 3. The Kier molecular flexibility index (Phi) is 8.41. The summed E-state index contributed by atoms with van der Waals surface area (Å²) in [5, 5.41) is 4.94. The van der Waals surface area contributed by atoms with Gasteiger partial charge in [0.2, 0.25) is 5.91 Å². The van der Waals surface area contributed by atoms with E-state index >= 15 is 0 Å². The average Bonchev–Trinajstić information content (AvgIpc) is 2.76. The van der Waals surface area contributed by atoms with Gasteiger partial charge in [-0.1, -0.05) is 39.7 Å². The first-order chi connectivity index (χ1) is 15.9. The van der Waals surface area contributed by atoms with Gasteiger partial charge >= 0.3 is 0 Å². The van der Waals surface area contributed by atoms with E-state index in [4.69, 9.17) is 40.5 Å². The fraction of sp³-hybridized carbons (Fsp3) is 0.130. The van der Waals surface area contributed by atoms with E-state index in [0.29, 0.717) is 0 Å². The number of amides is 2. The molecule has 34 heavy (non-hydrogen) atoms. The monoisotopic (exact) mass is 589 g/mol. The lowest BCUT2D eigenvalue weighted by atomic mass is 10.1. The van der Waals surface area contributed by atoms with Crippen molar-refractivity contribution in [2.45, 2.75) is 17.2 Å². The topological polar surface area (TPSA) is 84.2 Å². The van der Waals surface area contributed by atoms with Gasteiger partial charge in [0.05, 0.1) is 22.7 Å². The third-order valence-corrected chi connectivity index (χ3v) is 6.06. The van der Waals surface area contributed by atoms with Crippen molar-refractivity contribution in [2.24, 2.45) is 0 Å². The summed E-state index contributed by atoms with van der Waals surface area (Å²) in [6.45, 7) is 0. The van der Waals surface area contributed by atoms with E-state index in [2.05, 4.69) is 26.6 Å². The maximum atomic E-state index is 14.1. The van der Waals surface area contributed by atoms with Crippen LogP contribution in [0.2, 0.25) is 5.02 Å². The highest BCUT2D eigenvalue weighted by Gasteiger charge is 2.28. The molecule has 4 N–H and O–H groups in total. The summed E-state index contributed by atoms with van der Waals surface area (Å²) in [5.74, 6) is -3.34. The Balaban J connectivity index is 1.69. The Morgan fingerprint density at radius 2 is 1.68 bits per heavy atom. The largest absolute Gasteiger partial charge is 0.394 e. The first-order valence-electron chi connectivity index (χ1n) is 9.72. The van der Waals surface area contributed by atoms with Crippen LogP contribution in [0, 0.1) is 11.6 Å². The van der Waals surface area contributed by atoms with E-state index in [-0.39, 0.29) is 34.8 Å². The van der Waals surface area contributed by atoms with Crippen molar-refractivity contribution in [1.29, 1.82) is 0 Å². The number of carbonyl (C=O) groups excluding carboxylic acids is 2. The number of hydrogen-bond acceptors (Lipinski definition) is 3. The van der Waals surface area contributed by atoms with Gasteiger partial charge in [0.25, 0.3) is 5.91 Å². The summed E-state index contributed by atoms with van der Waals surface area (Å²) < 4.78 is 27.0. The van der Waals surface area contributed by atoms with E-state index in [1.165, 1.54) is 18.2 Å². The maximum absolute atomic E-state index is 14.1. The summed E-state index contributed by atoms with van der Waals surface area (Å²) in [6.07, 6.45) is 0.00779. The third-order valence-electron chi connectivity index (χ3n) is 4.66.